The number of nitrogens with zero attached hydrogens (tertiary/aromatic N) is 2. The molecule has 8 nitrogen and oxygen atoms in total. The zero-order valence-corrected chi connectivity index (χ0v) is 20.2. The van der Waals surface area contributed by atoms with Gasteiger partial charge in [0.2, 0.25) is 0 Å². The molecule has 3 aromatic rings. The lowest BCUT2D eigenvalue weighted by molar-refractivity contribution is -0.141. The second kappa shape index (κ2) is 9.46. The Hall–Kier alpha value is -3.01. The Bertz CT molecular complexity index is 1160. The van der Waals surface area contributed by atoms with Crippen molar-refractivity contribution in [3.8, 4) is 11.5 Å². The third-order valence-electron chi connectivity index (χ3n) is 5.36. The van der Waals surface area contributed by atoms with Crippen molar-refractivity contribution in [2.75, 3.05) is 31.0 Å². The van der Waals surface area contributed by atoms with Crippen LogP contribution in [0.1, 0.15) is 25.0 Å². The minimum absolute atomic E-state index is 0.167. The van der Waals surface area contributed by atoms with Gasteiger partial charge in [-0.05, 0) is 57.1 Å². The van der Waals surface area contributed by atoms with E-state index < -0.39 is 5.79 Å². The fraction of sp³-hybridized carbons (Fsp3) is 0.375. The van der Waals surface area contributed by atoms with Crippen molar-refractivity contribution in [2.24, 2.45) is 0 Å². The van der Waals surface area contributed by atoms with Crippen LogP contribution in [0.5, 0.6) is 11.5 Å². The summed E-state index contributed by atoms with van der Waals surface area (Å²) in [4.78, 5) is 8.77. The normalized spacial score (nSPS) is 17.1. The summed E-state index contributed by atoms with van der Waals surface area (Å²) in [7, 11) is 1.59. The average molecular weight is 469 g/mol. The standard InChI is InChI=1S/C24H28N4O4S/c1-14-7-6-8-15(2)21(14)27-23(33)28-22-17-9-20(19(29-5)10-18(17)25-13-26-22)30-11-16-12-31-24(3,4)32-16/h6-10,13,16H,11-12H2,1-5H3,(H2,25,26,27,28,33). The van der Waals surface area contributed by atoms with Crippen LogP contribution in [0.25, 0.3) is 10.9 Å². The Balaban J connectivity index is 1.56. The summed E-state index contributed by atoms with van der Waals surface area (Å²) in [5, 5.41) is 7.65. The van der Waals surface area contributed by atoms with Gasteiger partial charge in [-0.25, -0.2) is 9.97 Å². The molecule has 0 aliphatic carbocycles. The predicted octanol–water partition coefficient (Wildman–Crippen LogP) is 4.59. The number of para-hydroxylation sites is 1. The van der Waals surface area contributed by atoms with Gasteiger partial charge >= 0.3 is 0 Å². The van der Waals surface area contributed by atoms with Crippen molar-refractivity contribution in [2.45, 2.75) is 39.6 Å². The van der Waals surface area contributed by atoms with E-state index >= 15 is 0 Å². The molecule has 2 N–H and O–H groups in total. The summed E-state index contributed by atoms with van der Waals surface area (Å²) in [6.45, 7) is 8.64. The number of nitrogens with one attached hydrogen (secondary N) is 2. The van der Waals surface area contributed by atoms with Crippen molar-refractivity contribution in [1.29, 1.82) is 0 Å². The first-order valence-corrected chi connectivity index (χ1v) is 11.1. The number of rotatable bonds is 6. The van der Waals surface area contributed by atoms with Gasteiger partial charge in [0.1, 0.15) is 24.9 Å². The Kier molecular flexibility index (Phi) is 6.64. The van der Waals surface area contributed by atoms with Crippen LogP contribution >= 0.6 is 12.2 Å². The number of benzene rings is 2. The topological polar surface area (TPSA) is 86.8 Å². The number of hydrogen-bond donors (Lipinski definition) is 2. The number of thiocarbonyl (C=S) groups is 1. The molecular weight excluding hydrogens is 440 g/mol. The number of anilines is 2. The molecule has 1 fully saturated rings. The van der Waals surface area contributed by atoms with E-state index in [-0.39, 0.29) is 6.10 Å². The van der Waals surface area contributed by atoms with Crippen LogP contribution < -0.4 is 20.1 Å². The molecular formula is C24H28N4O4S. The molecule has 0 bridgehead atoms. The van der Waals surface area contributed by atoms with E-state index in [1.54, 1.807) is 7.11 Å². The maximum Gasteiger partial charge on any atom is 0.176 e. The lowest BCUT2D eigenvalue weighted by Gasteiger charge is -2.18. The van der Waals surface area contributed by atoms with Crippen LogP contribution in [-0.2, 0) is 9.47 Å². The minimum Gasteiger partial charge on any atom is -0.493 e. The molecule has 0 radical (unpaired) electrons. The summed E-state index contributed by atoms with van der Waals surface area (Å²) < 4.78 is 23.0. The molecule has 9 heteroatoms. The highest BCUT2D eigenvalue weighted by Gasteiger charge is 2.33. The number of aryl methyl sites for hydroxylation is 2. The zero-order valence-electron chi connectivity index (χ0n) is 19.4. The molecule has 1 atom stereocenters. The molecule has 2 aromatic carbocycles. The van der Waals surface area contributed by atoms with E-state index in [4.69, 9.17) is 31.2 Å². The number of methoxy groups -OCH3 is 1. The number of ether oxygens (including phenoxy) is 4. The first-order chi connectivity index (χ1) is 15.8. The summed E-state index contributed by atoms with van der Waals surface area (Å²) in [5.41, 5.74) is 3.88. The van der Waals surface area contributed by atoms with Crippen LogP contribution in [0, 0.1) is 13.8 Å². The third-order valence-corrected chi connectivity index (χ3v) is 5.57. The summed E-state index contributed by atoms with van der Waals surface area (Å²) in [6.07, 6.45) is 1.32. The molecule has 1 aliphatic heterocycles. The predicted molar refractivity (Wildman–Crippen MR) is 132 cm³/mol. The second-order valence-corrected chi connectivity index (χ2v) is 8.76. The average Bonchev–Trinajstić information content (AvgIpc) is 3.13. The quantitative estimate of drug-likeness (QED) is 0.504. The molecule has 1 aromatic heterocycles. The van der Waals surface area contributed by atoms with Gasteiger partial charge in [-0.3, -0.25) is 0 Å². The maximum atomic E-state index is 6.04. The van der Waals surface area contributed by atoms with E-state index in [2.05, 4.69) is 20.6 Å². The van der Waals surface area contributed by atoms with Gasteiger partial charge < -0.3 is 29.6 Å². The number of aromatic nitrogens is 2. The number of hydrogen-bond acceptors (Lipinski definition) is 7. The van der Waals surface area contributed by atoms with Gasteiger partial charge in [0, 0.05) is 17.1 Å². The largest absolute Gasteiger partial charge is 0.493 e. The third kappa shape index (κ3) is 5.32. The van der Waals surface area contributed by atoms with E-state index in [1.807, 2.05) is 58.0 Å². The first-order valence-electron chi connectivity index (χ1n) is 10.7. The van der Waals surface area contributed by atoms with Crippen LogP contribution in [-0.4, -0.2) is 47.3 Å². The molecule has 174 valence electrons. The fourth-order valence-corrected chi connectivity index (χ4v) is 3.93. The Morgan fingerprint density at radius 3 is 2.58 bits per heavy atom. The SMILES string of the molecule is COc1cc2ncnc(NC(=S)Nc3c(C)cccc3C)c2cc1OCC1COC(C)(C)O1. The monoisotopic (exact) mass is 468 g/mol. The van der Waals surface area contributed by atoms with E-state index in [9.17, 15) is 0 Å². The van der Waals surface area contributed by atoms with Crippen molar-refractivity contribution in [3.05, 3.63) is 47.8 Å². The molecule has 1 unspecified atom stereocenters. The zero-order chi connectivity index (χ0) is 23.6. The summed E-state index contributed by atoms with van der Waals surface area (Å²) in [6, 6.07) is 9.75. The Labute approximate surface area is 198 Å². The van der Waals surface area contributed by atoms with Gasteiger partial charge in [0.25, 0.3) is 0 Å². The van der Waals surface area contributed by atoms with Crippen LogP contribution in [0.4, 0.5) is 11.5 Å². The number of fused-ring (bicyclic) bond motifs is 1. The van der Waals surface area contributed by atoms with Crippen molar-refractivity contribution < 1.29 is 18.9 Å². The molecule has 0 amide bonds. The van der Waals surface area contributed by atoms with E-state index in [1.165, 1.54) is 6.33 Å². The Morgan fingerprint density at radius 2 is 1.91 bits per heavy atom. The van der Waals surface area contributed by atoms with Crippen molar-refractivity contribution in [3.63, 3.8) is 0 Å². The van der Waals surface area contributed by atoms with Crippen molar-refractivity contribution >= 4 is 39.7 Å². The van der Waals surface area contributed by atoms with Crippen LogP contribution in [0.2, 0.25) is 0 Å². The molecule has 4 rings (SSSR count). The van der Waals surface area contributed by atoms with Gasteiger partial charge in [-0.15, -0.1) is 0 Å². The highest BCUT2D eigenvalue weighted by atomic mass is 32.1. The Morgan fingerprint density at radius 1 is 1.15 bits per heavy atom. The van der Waals surface area contributed by atoms with Crippen LogP contribution in [0.15, 0.2) is 36.7 Å². The lowest BCUT2D eigenvalue weighted by atomic mass is 10.1. The van der Waals surface area contributed by atoms with Gasteiger partial charge in [-0.2, -0.15) is 0 Å². The molecule has 0 spiro atoms. The van der Waals surface area contributed by atoms with Crippen LogP contribution in [0.3, 0.4) is 0 Å². The maximum absolute atomic E-state index is 6.04. The first kappa shape index (κ1) is 23.2. The minimum atomic E-state index is -0.607. The van der Waals surface area contributed by atoms with Gasteiger partial charge in [-0.1, -0.05) is 18.2 Å². The van der Waals surface area contributed by atoms with Gasteiger partial charge in [0.05, 0.1) is 19.2 Å². The molecule has 1 saturated heterocycles. The van der Waals surface area contributed by atoms with Crippen molar-refractivity contribution in [1.82, 2.24) is 9.97 Å². The summed E-state index contributed by atoms with van der Waals surface area (Å²) in [5.74, 6) is 1.09. The molecule has 0 saturated carbocycles. The van der Waals surface area contributed by atoms with Gasteiger partial charge in [0.15, 0.2) is 22.4 Å². The fourth-order valence-electron chi connectivity index (χ4n) is 3.73. The molecule has 33 heavy (non-hydrogen) atoms. The van der Waals surface area contributed by atoms with E-state index in [0.29, 0.717) is 41.2 Å². The summed E-state index contributed by atoms with van der Waals surface area (Å²) >= 11 is 5.56. The lowest BCUT2D eigenvalue weighted by Crippen LogP contribution is -2.25. The smallest absolute Gasteiger partial charge is 0.176 e. The molecule has 1 aliphatic rings. The highest BCUT2D eigenvalue weighted by Crippen LogP contribution is 2.35. The second-order valence-electron chi connectivity index (χ2n) is 8.35. The van der Waals surface area contributed by atoms with E-state index in [0.717, 1.165) is 22.2 Å². The molecule has 2 heterocycles. The highest BCUT2D eigenvalue weighted by molar-refractivity contribution is 7.80.